The molecule has 0 radical (unpaired) electrons. The van der Waals surface area contributed by atoms with Gasteiger partial charge in [-0.05, 0) is 25.7 Å². The molecule has 18 heavy (non-hydrogen) atoms. The number of hydrogen-bond acceptors (Lipinski definition) is 5. The molecule has 0 aliphatic carbocycles. The van der Waals surface area contributed by atoms with Crippen molar-refractivity contribution in [1.29, 1.82) is 0 Å². The summed E-state index contributed by atoms with van der Waals surface area (Å²) in [6.07, 6.45) is 3.57. The monoisotopic (exact) mass is 262 g/mol. The Balaban J connectivity index is 3.10. The van der Waals surface area contributed by atoms with Crippen LogP contribution in [0.2, 0.25) is 0 Å². The normalized spacial score (nSPS) is 10.8. The van der Waals surface area contributed by atoms with Crippen molar-refractivity contribution in [2.45, 2.75) is 39.5 Å². The van der Waals surface area contributed by atoms with Crippen molar-refractivity contribution >= 4 is 7.32 Å². The van der Waals surface area contributed by atoms with Crippen molar-refractivity contribution in [3.05, 3.63) is 0 Å². The summed E-state index contributed by atoms with van der Waals surface area (Å²) in [5.74, 6) is 0. The topological polar surface area (TPSA) is 57.2 Å². The standard InChI is InChI=1S/C12H27BO5/c1-3-7-15-9-5-11-17-13(14)18-12-6-10-16-8-4-2/h14H,3-12H2,1-2H3. The minimum Gasteiger partial charge on any atom is -0.402 e. The highest BCUT2D eigenvalue weighted by Gasteiger charge is 2.14. The Morgan fingerprint density at radius 1 is 0.722 bits per heavy atom. The number of rotatable bonds is 14. The molecule has 5 nitrogen and oxygen atoms in total. The largest absolute Gasteiger partial charge is 0.636 e. The molecular weight excluding hydrogens is 235 g/mol. The van der Waals surface area contributed by atoms with E-state index in [0.717, 1.165) is 38.9 Å². The smallest absolute Gasteiger partial charge is 0.402 e. The lowest BCUT2D eigenvalue weighted by molar-refractivity contribution is 0.0831. The zero-order valence-electron chi connectivity index (χ0n) is 11.7. The van der Waals surface area contributed by atoms with Crippen LogP contribution in [0, 0.1) is 0 Å². The van der Waals surface area contributed by atoms with E-state index in [1.807, 2.05) is 0 Å². The van der Waals surface area contributed by atoms with Gasteiger partial charge in [0.2, 0.25) is 0 Å². The predicted molar refractivity (Wildman–Crippen MR) is 71.3 cm³/mol. The zero-order chi connectivity index (χ0) is 13.5. The fraction of sp³-hybridized carbons (Fsp3) is 1.00. The molecule has 1 N–H and O–H groups in total. The molecule has 0 fully saturated rings. The first-order chi connectivity index (χ1) is 8.81. The fourth-order valence-corrected chi connectivity index (χ4v) is 1.23. The van der Waals surface area contributed by atoms with Crippen LogP contribution < -0.4 is 0 Å². The molecule has 0 aliphatic rings. The Bertz CT molecular complexity index is 143. The number of hydrogen-bond donors (Lipinski definition) is 1. The molecule has 0 saturated heterocycles. The lowest BCUT2D eigenvalue weighted by Crippen LogP contribution is -2.24. The van der Waals surface area contributed by atoms with Gasteiger partial charge in [0.25, 0.3) is 0 Å². The first-order valence-corrected chi connectivity index (χ1v) is 6.88. The van der Waals surface area contributed by atoms with E-state index in [-0.39, 0.29) is 0 Å². The van der Waals surface area contributed by atoms with E-state index in [4.69, 9.17) is 18.8 Å². The van der Waals surface area contributed by atoms with Gasteiger partial charge in [-0.2, -0.15) is 0 Å². The van der Waals surface area contributed by atoms with Gasteiger partial charge in [-0.15, -0.1) is 0 Å². The minimum atomic E-state index is -1.14. The Morgan fingerprint density at radius 3 is 1.56 bits per heavy atom. The van der Waals surface area contributed by atoms with Crippen LogP contribution in [0.1, 0.15) is 39.5 Å². The molecule has 0 bridgehead atoms. The molecule has 0 heterocycles. The third-order valence-corrected chi connectivity index (χ3v) is 2.08. The van der Waals surface area contributed by atoms with E-state index in [1.54, 1.807) is 0 Å². The molecule has 0 atom stereocenters. The van der Waals surface area contributed by atoms with E-state index < -0.39 is 7.32 Å². The molecule has 108 valence electrons. The van der Waals surface area contributed by atoms with Crippen LogP contribution in [0.25, 0.3) is 0 Å². The van der Waals surface area contributed by atoms with Gasteiger partial charge in [-0.25, -0.2) is 0 Å². The average molecular weight is 262 g/mol. The van der Waals surface area contributed by atoms with Crippen LogP contribution >= 0.6 is 0 Å². The molecule has 0 aromatic carbocycles. The Labute approximate surface area is 111 Å². The summed E-state index contributed by atoms with van der Waals surface area (Å²) in [5.41, 5.74) is 0. The highest BCUT2D eigenvalue weighted by molar-refractivity contribution is 6.34. The van der Waals surface area contributed by atoms with Crippen molar-refractivity contribution in [2.75, 3.05) is 39.6 Å². The van der Waals surface area contributed by atoms with Gasteiger partial charge in [0.15, 0.2) is 0 Å². The van der Waals surface area contributed by atoms with Crippen molar-refractivity contribution in [2.24, 2.45) is 0 Å². The maximum atomic E-state index is 9.33. The molecule has 6 heteroatoms. The molecule has 0 aromatic heterocycles. The minimum absolute atomic E-state index is 0.442. The van der Waals surface area contributed by atoms with Crippen LogP contribution in [-0.2, 0) is 18.8 Å². The van der Waals surface area contributed by atoms with Gasteiger partial charge in [0, 0.05) is 39.6 Å². The van der Waals surface area contributed by atoms with Crippen molar-refractivity contribution < 1.29 is 23.8 Å². The second-order valence-corrected chi connectivity index (χ2v) is 3.98. The highest BCUT2D eigenvalue weighted by Crippen LogP contribution is 1.93. The second-order valence-electron chi connectivity index (χ2n) is 3.98. The van der Waals surface area contributed by atoms with Crippen LogP contribution in [0.5, 0.6) is 0 Å². The summed E-state index contributed by atoms with van der Waals surface area (Å²) in [6.45, 7) is 7.88. The first kappa shape index (κ1) is 17.9. The molecule has 0 unspecified atom stereocenters. The van der Waals surface area contributed by atoms with E-state index >= 15 is 0 Å². The van der Waals surface area contributed by atoms with Gasteiger partial charge in [0.05, 0.1) is 0 Å². The van der Waals surface area contributed by atoms with Crippen LogP contribution in [0.4, 0.5) is 0 Å². The summed E-state index contributed by atoms with van der Waals surface area (Å²) >= 11 is 0. The van der Waals surface area contributed by atoms with E-state index in [9.17, 15) is 5.02 Å². The fourth-order valence-electron chi connectivity index (χ4n) is 1.23. The van der Waals surface area contributed by atoms with Gasteiger partial charge in [-0.1, -0.05) is 13.8 Å². The van der Waals surface area contributed by atoms with E-state index in [2.05, 4.69) is 13.8 Å². The maximum Gasteiger partial charge on any atom is 0.636 e. The summed E-state index contributed by atoms with van der Waals surface area (Å²) in [6, 6.07) is 0. The van der Waals surface area contributed by atoms with Gasteiger partial charge in [0.1, 0.15) is 0 Å². The predicted octanol–water partition coefficient (Wildman–Crippen LogP) is 1.63. The van der Waals surface area contributed by atoms with Crippen LogP contribution in [0.15, 0.2) is 0 Å². The van der Waals surface area contributed by atoms with E-state index in [1.165, 1.54) is 0 Å². The molecular formula is C12H27BO5. The summed E-state index contributed by atoms with van der Waals surface area (Å²) in [5, 5.41) is 9.33. The SMILES string of the molecule is CCCOCCCOB(O)OCCCOCCC. The molecule has 0 aliphatic heterocycles. The molecule has 0 saturated carbocycles. The molecule has 0 rings (SSSR count). The van der Waals surface area contributed by atoms with Gasteiger partial charge < -0.3 is 23.8 Å². The summed E-state index contributed by atoms with van der Waals surface area (Å²) in [4.78, 5) is 0. The third kappa shape index (κ3) is 13.9. The Morgan fingerprint density at radius 2 is 1.17 bits per heavy atom. The van der Waals surface area contributed by atoms with Crippen molar-refractivity contribution in [3.8, 4) is 0 Å². The lowest BCUT2D eigenvalue weighted by Gasteiger charge is -2.09. The highest BCUT2D eigenvalue weighted by atomic mass is 16.7. The van der Waals surface area contributed by atoms with Gasteiger partial charge in [-0.3, -0.25) is 0 Å². The van der Waals surface area contributed by atoms with Crippen LogP contribution in [0.3, 0.4) is 0 Å². The van der Waals surface area contributed by atoms with E-state index in [0.29, 0.717) is 26.4 Å². The van der Waals surface area contributed by atoms with Gasteiger partial charge >= 0.3 is 7.32 Å². The second kappa shape index (κ2) is 14.9. The van der Waals surface area contributed by atoms with Crippen molar-refractivity contribution in [3.63, 3.8) is 0 Å². The number of ether oxygens (including phenoxy) is 2. The third-order valence-electron chi connectivity index (χ3n) is 2.08. The lowest BCUT2D eigenvalue weighted by atomic mass is 10.2. The summed E-state index contributed by atoms with van der Waals surface area (Å²) in [7, 11) is -1.14. The Hall–Kier alpha value is -0.135. The zero-order valence-corrected chi connectivity index (χ0v) is 11.7. The molecule has 0 aromatic rings. The first-order valence-electron chi connectivity index (χ1n) is 6.88. The maximum absolute atomic E-state index is 9.33. The summed E-state index contributed by atoms with van der Waals surface area (Å²) < 4.78 is 20.7. The molecule has 0 amide bonds. The molecule has 0 spiro atoms. The Kier molecular flexibility index (Phi) is 14.8. The quantitative estimate of drug-likeness (QED) is 0.381. The van der Waals surface area contributed by atoms with Crippen molar-refractivity contribution in [1.82, 2.24) is 0 Å². The average Bonchev–Trinajstić information content (AvgIpc) is 2.38. The van der Waals surface area contributed by atoms with Crippen LogP contribution in [-0.4, -0.2) is 52.0 Å².